The molecule has 1 atom stereocenters. The van der Waals surface area contributed by atoms with Crippen molar-refractivity contribution < 1.29 is 22.4 Å². The van der Waals surface area contributed by atoms with Gasteiger partial charge < -0.3 is 9.80 Å². The second-order valence-corrected chi connectivity index (χ2v) is 9.96. The highest BCUT2D eigenvalue weighted by atomic mass is 19.4. The number of piperidine rings is 1. The summed E-state index contributed by atoms with van der Waals surface area (Å²) in [5.41, 5.74) is 3.15. The first-order valence-electron chi connectivity index (χ1n) is 12.8. The zero-order chi connectivity index (χ0) is 26.0. The van der Waals surface area contributed by atoms with E-state index in [-0.39, 0.29) is 30.1 Å². The summed E-state index contributed by atoms with van der Waals surface area (Å²) in [5.74, 6) is -0.212. The van der Waals surface area contributed by atoms with Crippen LogP contribution in [0.4, 0.5) is 17.6 Å². The van der Waals surface area contributed by atoms with E-state index in [0.717, 1.165) is 12.1 Å². The van der Waals surface area contributed by atoms with Crippen LogP contribution in [0.2, 0.25) is 0 Å². The van der Waals surface area contributed by atoms with Crippen LogP contribution in [0.3, 0.4) is 0 Å². The van der Waals surface area contributed by atoms with Gasteiger partial charge in [0.25, 0.3) is 5.91 Å². The fraction of sp³-hybridized carbons (Fsp3) is 0.429. The standard InChI is InChI=1S/C28H30F4N4O/c29-23-6-8-24(9-7-23)36-26(21-10-14-34(15-11-21)17-13-28(30,31)32)25(18-33-36)27(37)35-16-12-22(19-35)20-4-2-1-3-5-20/h1-9,18,21-22H,10-17,19H2/t22-/m0/s1. The Morgan fingerprint density at radius 3 is 2.27 bits per heavy atom. The molecule has 2 aromatic carbocycles. The molecule has 0 unspecified atom stereocenters. The van der Waals surface area contributed by atoms with E-state index >= 15 is 0 Å². The highest BCUT2D eigenvalue weighted by Crippen LogP contribution is 2.35. The predicted molar refractivity (Wildman–Crippen MR) is 132 cm³/mol. The van der Waals surface area contributed by atoms with Crippen molar-refractivity contribution in [3.05, 3.63) is 83.4 Å². The van der Waals surface area contributed by atoms with Crippen LogP contribution >= 0.6 is 0 Å². The average molecular weight is 515 g/mol. The molecule has 2 aliphatic heterocycles. The normalized spacial score (nSPS) is 19.5. The largest absolute Gasteiger partial charge is 0.390 e. The lowest BCUT2D eigenvalue weighted by molar-refractivity contribution is -0.138. The lowest BCUT2D eigenvalue weighted by Crippen LogP contribution is -2.36. The molecule has 0 spiro atoms. The number of hydrogen-bond donors (Lipinski definition) is 0. The topological polar surface area (TPSA) is 41.4 Å². The van der Waals surface area contributed by atoms with E-state index in [1.807, 2.05) is 28.0 Å². The Hall–Kier alpha value is -3.20. The van der Waals surface area contributed by atoms with E-state index in [0.29, 0.717) is 50.3 Å². The SMILES string of the molecule is O=C(c1cnn(-c2ccc(F)cc2)c1C1CCN(CCC(F)(F)F)CC1)N1CC[C@H](c2ccccc2)C1. The summed E-state index contributed by atoms with van der Waals surface area (Å²) in [4.78, 5) is 17.4. The van der Waals surface area contributed by atoms with Gasteiger partial charge in [0.05, 0.1) is 29.6 Å². The van der Waals surface area contributed by atoms with Crippen molar-refractivity contribution in [1.29, 1.82) is 0 Å². The van der Waals surface area contributed by atoms with Gasteiger partial charge in [-0.2, -0.15) is 18.3 Å². The molecule has 2 saturated heterocycles. The predicted octanol–water partition coefficient (Wildman–Crippen LogP) is 5.77. The highest BCUT2D eigenvalue weighted by molar-refractivity contribution is 5.95. The minimum Gasteiger partial charge on any atom is -0.338 e. The minimum absolute atomic E-state index is 0.0200. The Morgan fingerprint density at radius 2 is 1.59 bits per heavy atom. The molecule has 3 aromatic rings. The summed E-state index contributed by atoms with van der Waals surface area (Å²) in [5, 5.41) is 4.53. The maximum atomic E-state index is 13.7. The fourth-order valence-corrected chi connectivity index (χ4v) is 5.53. The summed E-state index contributed by atoms with van der Waals surface area (Å²) in [7, 11) is 0. The van der Waals surface area contributed by atoms with Crippen molar-refractivity contribution in [2.24, 2.45) is 0 Å². The number of alkyl halides is 3. The number of halogens is 4. The number of carbonyl (C=O) groups is 1. The van der Waals surface area contributed by atoms with Crippen molar-refractivity contribution in [3.63, 3.8) is 0 Å². The van der Waals surface area contributed by atoms with Crippen LogP contribution in [0.5, 0.6) is 0 Å². The first kappa shape index (κ1) is 25.4. The quantitative estimate of drug-likeness (QED) is 0.392. The van der Waals surface area contributed by atoms with Crippen LogP contribution in [0, 0.1) is 5.82 Å². The number of amides is 1. The zero-order valence-corrected chi connectivity index (χ0v) is 20.5. The summed E-state index contributed by atoms with van der Waals surface area (Å²) in [6, 6.07) is 16.1. The molecule has 2 aliphatic rings. The maximum absolute atomic E-state index is 13.7. The van der Waals surface area contributed by atoms with Crippen LogP contribution < -0.4 is 0 Å². The Kier molecular flexibility index (Phi) is 7.33. The van der Waals surface area contributed by atoms with E-state index in [1.165, 1.54) is 17.7 Å². The summed E-state index contributed by atoms with van der Waals surface area (Å²) < 4.78 is 53.4. The number of nitrogens with zero attached hydrogens (tertiary/aromatic N) is 4. The van der Waals surface area contributed by atoms with Crippen molar-refractivity contribution >= 4 is 5.91 Å². The van der Waals surface area contributed by atoms with Gasteiger partial charge in [0, 0.05) is 31.5 Å². The fourth-order valence-electron chi connectivity index (χ4n) is 5.53. The van der Waals surface area contributed by atoms with Crippen LogP contribution in [0.1, 0.15) is 59.1 Å². The van der Waals surface area contributed by atoms with Gasteiger partial charge >= 0.3 is 6.18 Å². The monoisotopic (exact) mass is 514 g/mol. The summed E-state index contributed by atoms with van der Waals surface area (Å²) in [6.45, 7) is 2.29. The Bertz CT molecular complexity index is 1200. The maximum Gasteiger partial charge on any atom is 0.390 e. The molecule has 0 radical (unpaired) electrons. The van der Waals surface area contributed by atoms with E-state index in [1.54, 1.807) is 23.0 Å². The van der Waals surface area contributed by atoms with Gasteiger partial charge in [-0.25, -0.2) is 9.07 Å². The lowest BCUT2D eigenvalue weighted by atomic mass is 9.90. The second kappa shape index (κ2) is 10.7. The number of likely N-dealkylation sites (tertiary alicyclic amines) is 2. The molecule has 1 aromatic heterocycles. The third kappa shape index (κ3) is 5.87. The smallest absolute Gasteiger partial charge is 0.338 e. The highest BCUT2D eigenvalue weighted by Gasteiger charge is 2.35. The molecule has 5 rings (SSSR count). The first-order chi connectivity index (χ1) is 17.8. The van der Waals surface area contributed by atoms with Gasteiger partial charge in [-0.3, -0.25) is 4.79 Å². The molecule has 9 heteroatoms. The molecule has 0 bridgehead atoms. The van der Waals surface area contributed by atoms with E-state index in [9.17, 15) is 22.4 Å². The molecule has 3 heterocycles. The van der Waals surface area contributed by atoms with E-state index in [4.69, 9.17) is 0 Å². The molecule has 5 nitrogen and oxygen atoms in total. The van der Waals surface area contributed by atoms with Crippen LogP contribution in [-0.2, 0) is 0 Å². The van der Waals surface area contributed by atoms with Gasteiger partial charge in [-0.15, -0.1) is 0 Å². The van der Waals surface area contributed by atoms with Gasteiger partial charge in [-0.1, -0.05) is 30.3 Å². The van der Waals surface area contributed by atoms with Gasteiger partial charge in [-0.05, 0) is 62.2 Å². The second-order valence-electron chi connectivity index (χ2n) is 9.96. The molecular weight excluding hydrogens is 484 g/mol. The Labute approximate surface area is 213 Å². The number of hydrogen-bond acceptors (Lipinski definition) is 3. The molecule has 0 N–H and O–H groups in total. The number of carbonyl (C=O) groups excluding carboxylic acids is 1. The first-order valence-corrected chi connectivity index (χ1v) is 12.8. The third-order valence-electron chi connectivity index (χ3n) is 7.54. The minimum atomic E-state index is -4.18. The van der Waals surface area contributed by atoms with Gasteiger partial charge in [0.15, 0.2) is 0 Å². The van der Waals surface area contributed by atoms with Crippen molar-refractivity contribution in [3.8, 4) is 5.69 Å². The van der Waals surface area contributed by atoms with Gasteiger partial charge in [0.1, 0.15) is 5.82 Å². The summed E-state index contributed by atoms with van der Waals surface area (Å²) >= 11 is 0. The third-order valence-corrected chi connectivity index (χ3v) is 7.54. The van der Waals surface area contributed by atoms with Crippen LogP contribution in [0.25, 0.3) is 5.69 Å². The Balaban J connectivity index is 1.38. The van der Waals surface area contributed by atoms with E-state index in [2.05, 4.69) is 17.2 Å². The Morgan fingerprint density at radius 1 is 0.919 bits per heavy atom. The number of rotatable bonds is 6. The molecule has 1 amide bonds. The lowest BCUT2D eigenvalue weighted by Gasteiger charge is -2.33. The van der Waals surface area contributed by atoms with Crippen LogP contribution in [-0.4, -0.2) is 64.4 Å². The molecule has 196 valence electrons. The number of benzene rings is 2. The van der Waals surface area contributed by atoms with Crippen molar-refractivity contribution in [1.82, 2.24) is 19.6 Å². The van der Waals surface area contributed by atoms with Crippen LogP contribution in [0.15, 0.2) is 60.8 Å². The zero-order valence-electron chi connectivity index (χ0n) is 20.5. The number of aromatic nitrogens is 2. The van der Waals surface area contributed by atoms with Crippen molar-refractivity contribution in [2.75, 3.05) is 32.7 Å². The molecule has 0 aliphatic carbocycles. The molecule has 2 fully saturated rings. The van der Waals surface area contributed by atoms with Crippen molar-refractivity contribution in [2.45, 2.75) is 43.7 Å². The average Bonchev–Trinajstić information content (AvgIpc) is 3.56. The molecular formula is C28H30F4N4O. The summed E-state index contributed by atoms with van der Waals surface area (Å²) in [6.07, 6.45) is -1.28. The van der Waals surface area contributed by atoms with Gasteiger partial charge in [0.2, 0.25) is 0 Å². The molecule has 0 saturated carbocycles. The molecule has 37 heavy (non-hydrogen) atoms. The van der Waals surface area contributed by atoms with E-state index < -0.39 is 12.6 Å².